The summed E-state index contributed by atoms with van der Waals surface area (Å²) in [7, 11) is 3.10. The van der Waals surface area contributed by atoms with E-state index in [4.69, 9.17) is 10.3 Å². The minimum Gasteiger partial charge on any atom is -0.444 e. The molecule has 0 aliphatic carbocycles. The first kappa shape index (κ1) is 17.1. The highest BCUT2D eigenvalue weighted by Crippen LogP contribution is 2.12. The fraction of sp³-hybridized carbons (Fsp3) is 0.818. The van der Waals surface area contributed by atoms with E-state index in [2.05, 4.69) is 15.3 Å². The van der Waals surface area contributed by atoms with Crippen molar-refractivity contribution in [1.29, 1.82) is 0 Å². The van der Waals surface area contributed by atoms with E-state index in [0.29, 0.717) is 0 Å². The first-order valence-corrected chi connectivity index (χ1v) is 5.75. The number of nitrogens with one attached hydrogen (secondary N) is 1. The lowest BCUT2D eigenvalue weighted by atomic mass is 10.0. The standard InChI is InChI=1S/C11H21N5O3/c1-10(2,3)19-9(18)14-11(4,7-13-15-12)8(17)16(5)6/h7H2,1-6H3,(H,14,18)/t11-/m0/s1. The number of azide groups is 1. The molecule has 0 aliphatic rings. The van der Waals surface area contributed by atoms with Crippen LogP contribution in [0.5, 0.6) is 0 Å². The predicted molar refractivity (Wildman–Crippen MR) is 70.5 cm³/mol. The van der Waals surface area contributed by atoms with Gasteiger partial charge in [-0.05, 0) is 33.2 Å². The normalized spacial score (nSPS) is 13.8. The molecule has 1 N–H and O–H groups in total. The van der Waals surface area contributed by atoms with Crippen molar-refractivity contribution in [1.82, 2.24) is 10.2 Å². The Morgan fingerprint density at radius 3 is 2.21 bits per heavy atom. The summed E-state index contributed by atoms with van der Waals surface area (Å²) in [6.07, 6.45) is -0.738. The van der Waals surface area contributed by atoms with Crippen LogP contribution in [0.15, 0.2) is 5.11 Å². The van der Waals surface area contributed by atoms with Crippen LogP contribution >= 0.6 is 0 Å². The van der Waals surface area contributed by atoms with Crippen LogP contribution in [0.4, 0.5) is 4.79 Å². The van der Waals surface area contributed by atoms with Gasteiger partial charge in [-0.2, -0.15) is 0 Å². The van der Waals surface area contributed by atoms with Crippen molar-refractivity contribution >= 4 is 12.0 Å². The van der Waals surface area contributed by atoms with Crippen LogP contribution in [0.2, 0.25) is 0 Å². The maximum absolute atomic E-state index is 12.0. The topological polar surface area (TPSA) is 107 Å². The molecule has 0 radical (unpaired) electrons. The molecule has 0 saturated carbocycles. The van der Waals surface area contributed by atoms with Crippen LogP contribution in [0.25, 0.3) is 10.4 Å². The third-order valence-corrected chi connectivity index (χ3v) is 2.11. The summed E-state index contributed by atoms with van der Waals surface area (Å²) in [6.45, 7) is 6.43. The Kier molecular flexibility index (Phi) is 5.64. The molecule has 1 atom stereocenters. The molecule has 0 aromatic carbocycles. The molecule has 0 fully saturated rings. The van der Waals surface area contributed by atoms with Gasteiger partial charge < -0.3 is 15.0 Å². The van der Waals surface area contributed by atoms with Gasteiger partial charge in [0.15, 0.2) is 0 Å². The molecule has 2 amide bonds. The Balaban J connectivity index is 5.01. The fourth-order valence-corrected chi connectivity index (χ4v) is 1.36. The number of amides is 2. The van der Waals surface area contributed by atoms with Gasteiger partial charge in [-0.25, -0.2) is 4.79 Å². The van der Waals surface area contributed by atoms with E-state index >= 15 is 0 Å². The van der Waals surface area contributed by atoms with Crippen LogP contribution < -0.4 is 5.32 Å². The quantitative estimate of drug-likeness (QED) is 0.477. The van der Waals surface area contributed by atoms with Crippen LogP contribution in [0.3, 0.4) is 0 Å². The van der Waals surface area contributed by atoms with Gasteiger partial charge in [0.1, 0.15) is 11.1 Å². The molecular formula is C11H21N5O3. The van der Waals surface area contributed by atoms with Crippen LogP contribution in [-0.4, -0.2) is 48.7 Å². The highest BCUT2D eigenvalue weighted by Gasteiger charge is 2.37. The third-order valence-electron chi connectivity index (χ3n) is 2.11. The van der Waals surface area contributed by atoms with E-state index in [-0.39, 0.29) is 12.5 Å². The number of hydrogen-bond donors (Lipinski definition) is 1. The molecule has 0 aliphatic heterocycles. The Morgan fingerprint density at radius 2 is 1.84 bits per heavy atom. The van der Waals surface area contributed by atoms with Gasteiger partial charge in [0.25, 0.3) is 0 Å². The SMILES string of the molecule is CN(C)C(=O)[C@](C)(CN=[N+]=[N-])NC(=O)OC(C)(C)C. The van der Waals surface area contributed by atoms with Crippen molar-refractivity contribution in [2.75, 3.05) is 20.6 Å². The predicted octanol–water partition coefficient (Wildman–Crippen LogP) is 1.67. The molecule has 0 rings (SSSR count). The van der Waals surface area contributed by atoms with Crippen molar-refractivity contribution in [3.05, 3.63) is 10.4 Å². The summed E-state index contributed by atoms with van der Waals surface area (Å²) in [5.41, 5.74) is 6.35. The van der Waals surface area contributed by atoms with Gasteiger partial charge in [0.05, 0.1) is 6.54 Å². The fourth-order valence-electron chi connectivity index (χ4n) is 1.36. The molecule has 0 aromatic rings. The molecule has 108 valence electrons. The lowest BCUT2D eigenvalue weighted by molar-refractivity contribution is -0.134. The van der Waals surface area contributed by atoms with Gasteiger partial charge in [-0.3, -0.25) is 4.79 Å². The van der Waals surface area contributed by atoms with Crippen LogP contribution in [-0.2, 0) is 9.53 Å². The number of likely N-dealkylation sites (N-methyl/N-ethyl adjacent to an activating group) is 1. The molecule has 0 bridgehead atoms. The highest BCUT2D eigenvalue weighted by atomic mass is 16.6. The van der Waals surface area contributed by atoms with Crippen molar-refractivity contribution in [3.63, 3.8) is 0 Å². The zero-order valence-corrected chi connectivity index (χ0v) is 12.2. The molecule has 8 heteroatoms. The lowest BCUT2D eigenvalue weighted by Crippen LogP contribution is -2.59. The Morgan fingerprint density at radius 1 is 1.32 bits per heavy atom. The zero-order chi connectivity index (χ0) is 15.3. The molecule has 0 heterocycles. The largest absolute Gasteiger partial charge is 0.444 e. The number of carbonyl (C=O) groups is 2. The number of alkyl carbamates (subject to hydrolysis) is 1. The molecule has 0 aromatic heterocycles. The van der Waals surface area contributed by atoms with E-state index in [1.807, 2.05) is 0 Å². The second kappa shape index (κ2) is 6.29. The number of ether oxygens (including phenoxy) is 1. The average molecular weight is 271 g/mol. The zero-order valence-electron chi connectivity index (χ0n) is 12.2. The maximum Gasteiger partial charge on any atom is 0.408 e. The minimum atomic E-state index is -1.34. The summed E-state index contributed by atoms with van der Waals surface area (Å²) >= 11 is 0. The summed E-state index contributed by atoms with van der Waals surface area (Å²) in [4.78, 5) is 27.7. The first-order chi connectivity index (χ1) is 8.52. The van der Waals surface area contributed by atoms with Gasteiger partial charge >= 0.3 is 6.09 Å². The summed E-state index contributed by atoms with van der Waals surface area (Å²) < 4.78 is 5.09. The number of carbonyl (C=O) groups excluding carboxylic acids is 2. The molecule has 19 heavy (non-hydrogen) atoms. The van der Waals surface area contributed by atoms with Crippen molar-refractivity contribution in [2.45, 2.75) is 38.8 Å². The molecule has 0 spiro atoms. The minimum absolute atomic E-state index is 0.195. The third kappa shape index (κ3) is 5.96. The average Bonchev–Trinajstić information content (AvgIpc) is 2.22. The van der Waals surface area contributed by atoms with Crippen molar-refractivity contribution in [3.8, 4) is 0 Å². The monoisotopic (exact) mass is 271 g/mol. The van der Waals surface area contributed by atoms with E-state index in [0.717, 1.165) is 0 Å². The van der Waals surface area contributed by atoms with Gasteiger partial charge in [0.2, 0.25) is 5.91 Å². The molecule has 0 saturated heterocycles. The number of hydrogen-bond acceptors (Lipinski definition) is 4. The first-order valence-electron chi connectivity index (χ1n) is 5.75. The van der Waals surface area contributed by atoms with Crippen LogP contribution in [0.1, 0.15) is 27.7 Å². The van der Waals surface area contributed by atoms with Gasteiger partial charge in [-0.15, -0.1) is 0 Å². The van der Waals surface area contributed by atoms with Crippen molar-refractivity contribution in [2.24, 2.45) is 5.11 Å². The summed E-state index contributed by atoms with van der Waals surface area (Å²) in [6, 6.07) is 0. The Labute approximate surface area is 112 Å². The Hall–Kier alpha value is -1.95. The number of rotatable bonds is 4. The molecule has 0 unspecified atom stereocenters. The van der Waals surface area contributed by atoms with Crippen LogP contribution in [0, 0.1) is 0 Å². The Bertz CT molecular complexity index is 396. The number of nitrogens with zero attached hydrogens (tertiary/aromatic N) is 4. The van der Waals surface area contributed by atoms with E-state index in [1.165, 1.54) is 11.8 Å². The van der Waals surface area contributed by atoms with Crippen molar-refractivity contribution < 1.29 is 14.3 Å². The van der Waals surface area contributed by atoms with E-state index < -0.39 is 17.2 Å². The van der Waals surface area contributed by atoms with Gasteiger partial charge in [-0.1, -0.05) is 5.11 Å². The molecular weight excluding hydrogens is 250 g/mol. The maximum atomic E-state index is 12.0. The second-order valence-electron chi connectivity index (χ2n) is 5.55. The smallest absolute Gasteiger partial charge is 0.408 e. The highest BCUT2D eigenvalue weighted by molar-refractivity contribution is 5.89. The summed E-state index contributed by atoms with van der Waals surface area (Å²) in [5.74, 6) is -0.384. The second-order valence-corrected chi connectivity index (χ2v) is 5.55. The van der Waals surface area contributed by atoms with Gasteiger partial charge in [0, 0.05) is 19.0 Å². The molecule has 8 nitrogen and oxygen atoms in total. The van der Waals surface area contributed by atoms with E-state index in [9.17, 15) is 9.59 Å². The van der Waals surface area contributed by atoms with E-state index in [1.54, 1.807) is 34.9 Å². The lowest BCUT2D eigenvalue weighted by Gasteiger charge is -2.31. The summed E-state index contributed by atoms with van der Waals surface area (Å²) in [5, 5.41) is 5.81.